The highest BCUT2D eigenvalue weighted by Crippen LogP contribution is 2.21. The Labute approximate surface area is 175 Å². The molecule has 0 spiro atoms. The fourth-order valence-electron chi connectivity index (χ4n) is 2.65. The quantitative estimate of drug-likeness (QED) is 0.589. The Kier molecular flexibility index (Phi) is 6.69. The van der Waals surface area contributed by atoms with E-state index < -0.39 is 0 Å². The first-order chi connectivity index (χ1) is 14.4. The Bertz CT molecular complexity index is 989. The number of carbonyl (C=O) groups excluding carboxylic acids is 1. The minimum atomic E-state index is -0.242. The van der Waals surface area contributed by atoms with Crippen molar-refractivity contribution in [2.45, 2.75) is 6.92 Å². The molecule has 0 saturated carbocycles. The van der Waals surface area contributed by atoms with Gasteiger partial charge in [0, 0.05) is 31.5 Å². The van der Waals surface area contributed by atoms with Gasteiger partial charge in [-0.2, -0.15) is 0 Å². The lowest BCUT2D eigenvalue weighted by atomic mass is 10.2. The first-order valence-corrected chi connectivity index (χ1v) is 9.40. The summed E-state index contributed by atoms with van der Waals surface area (Å²) in [5.74, 6) is 3.30. The second-order valence-corrected chi connectivity index (χ2v) is 6.77. The van der Waals surface area contributed by atoms with E-state index in [0.717, 1.165) is 17.3 Å². The fraction of sp³-hybridized carbons (Fsp3) is 0.227. The number of ether oxygens (including phenoxy) is 2. The van der Waals surface area contributed by atoms with Crippen LogP contribution in [0.25, 0.3) is 0 Å². The maximum Gasteiger partial charge on any atom is 0.262 e. The number of hydrogen-bond acceptors (Lipinski definition) is 7. The highest BCUT2D eigenvalue weighted by molar-refractivity contribution is 5.92. The zero-order valence-electron chi connectivity index (χ0n) is 17.5. The van der Waals surface area contributed by atoms with Crippen molar-refractivity contribution in [2.75, 3.05) is 43.3 Å². The van der Waals surface area contributed by atoms with Crippen molar-refractivity contribution >= 4 is 28.9 Å². The van der Waals surface area contributed by atoms with E-state index >= 15 is 0 Å². The summed E-state index contributed by atoms with van der Waals surface area (Å²) in [5, 5.41) is 6.06. The van der Waals surface area contributed by atoms with Crippen LogP contribution in [0.15, 0.2) is 54.6 Å². The summed E-state index contributed by atoms with van der Waals surface area (Å²) in [4.78, 5) is 22.8. The van der Waals surface area contributed by atoms with Crippen molar-refractivity contribution in [3.8, 4) is 11.5 Å². The van der Waals surface area contributed by atoms with Gasteiger partial charge in [0.2, 0.25) is 0 Å². The number of hydrogen-bond donors (Lipinski definition) is 2. The van der Waals surface area contributed by atoms with Gasteiger partial charge in [0.15, 0.2) is 6.61 Å². The number of methoxy groups -OCH3 is 1. The molecule has 0 radical (unpaired) electrons. The van der Waals surface area contributed by atoms with Crippen LogP contribution in [0, 0.1) is 6.92 Å². The first kappa shape index (κ1) is 20.9. The van der Waals surface area contributed by atoms with E-state index in [0.29, 0.717) is 23.1 Å². The van der Waals surface area contributed by atoms with E-state index in [-0.39, 0.29) is 12.5 Å². The molecule has 0 atom stereocenters. The summed E-state index contributed by atoms with van der Waals surface area (Å²) < 4.78 is 10.6. The topological polar surface area (TPSA) is 88.6 Å². The van der Waals surface area contributed by atoms with Crippen LogP contribution in [-0.4, -0.2) is 43.7 Å². The first-order valence-electron chi connectivity index (χ1n) is 9.40. The van der Waals surface area contributed by atoms with Crippen LogP contribution >= 0.6 is 0 Å². The Morgan fingerprint density at radius 3 is 2.23 bits per heavy atom. The van der Waals surface area contributed by atoms with Crippen LogP contribution in [0.4, 0.5) is 23.0 Å². The maximum absolute atomic E-state index is 12.1. The van der Waals surface area contributed by atoms with Crippen molar-refractivity contribution in [3.63, 3.8) is 0 Å². The Morgan fingerprint density at radius 2 is 1.60 bits per heavy atom. The van der Waals surface area contributed by atoms with Crippen molar-refractivity contribution in [1.82, 2.24) is 9.97 Å². The number of amides is 1. The minimum absolute atomic E-state index is 0.0835. The van der Waals surface area contributed by atoms with Gasteiger partial charge in [-0.25, -0.2) is 9.97 Å². The molecule has 8 heteroatoms. The highest BCUT2D eigenvalue weighted by Gasteiger charge is 2.06. The molecule has 1 heterocycles. The molecule has 0 fully saturated rings. The number of nitrogens with one attached hydrogen (secondary N) is 2. The van der Waals surface area contributed by atoms with Crippen molar-refractivity contribution < 1.29 is 14.3 Å². The maximum atomic E-state index is 12.1. The lowest BCUT2D eigenvalue weighted by molar-refractivity contribution is -0.118. The molecule has 3 aromatic rings. The number of nitrogens with zero attached hydrogens (tertiary/aromatic N) is 3. The highest BCUT2D eigenvalue weighted by atomic mass is 16.5. The van der Waals surface area contributed by atoms with E-state index in [2.05, 4.69) is 20.6 Å². The summed E-state index contributed by atoms with van der Waals surface area (Å²) in [6.07, 6.45) is 0. The second kappa shape index (κ2) is 9.60. The normalized spacial score (nSPS) is 10.3. The van der Waals surface area contributed by atoms with Crippen LogP contribution in [0.5, 0.6) is 11.5 Å². The van der Waals surface area contributed by atoms with E-state index in [1.165, 1.54) is 0 Å². The van der Waals surface area contributed by atoms with Gasteiger partial charge in [-0.05, 0) is 55.5 Å². The largest absolute Gasteiger partial charge is 0.497 e. The van der Waals surface area contributed by atoms with E-state index in [1.807, 2.05) is 56.3 Å². The third-order valence-electron chi connectivity index (χ3n) is 4.15. The van der Waals surface area contributed by atoms with Gasteiger partial charge in [-0.3, -0.25) is 4.79 Å². The lowest BCUT2D eigenvalue weighted by Gasteiger charge is -2.14. The van der Waals surface area contributed by atoms with Crippen LogP contribution in [-0.2, 0) is 4.79 Å². The SMILES string of the molecule is COc1ccc(OCC(=O)Nc2ccc(Nc3cc(N(C)C)nc(C)n3)cc2)cc1. The van der Waals surface area contributed by atoms with Gasteiger partial charge in [0.1, 0.15) is 29.0 Å². The monoisotopic (exact) mass is 407 g/mol. The van der Waals surface area contributed by atoms with Crippen LogP contribution in [0.3, 0.4) is 0 Å². The zero-order valence-corrected chi connectivity index (χ0v) is 17.5. The molecule has 8 nitrogen and oxygen atoms in total. The van der Waals surface area contributed by atoms with Gasteiger partial charge in [0.05, 0.1) is 7.11 Å². The number of benzene rings is 2. The Morgan fingerprint density at radius 1 is 0.967 bits per heavy atom. The smallest absolute Gasteiger partial charge is 0.262 e. The number of carbonyl (C=O) groups is 1. The number of aromatic nitrogens is 2. The molecule has 0 unspecified atom stereocenters. The molecule has 3 rings (SSSR count). The molecule has 0 aliphatic rings. The molecular weight excluding hydrogens is 382 g/mol. The molecule has 0 bridgehead atoms. The number of anilines is 4. The molecule has 30 heavy (non-hydrogen) atoms. The third kappa shape index (κ3) is 5.84. The molecule has 1 aromatic heterocycles. The zero-order chi connectivity index (χ0) is 21.5. The van der Waals surface area contributed by atoms with Gasteiger partial charge in [0.25, 0.3) is 5.91 Å². The van der Waals surface area contributed by atoms with Crippen molar-refractivity contribution in [3.05, 3.63) is 60.4 Å². The summed E-state index contributed by atoms with van der Waals surface area (Å²) >= 11 is 0. The molecule has 0 aliphatic heterocycles. The summed E-state index contributed by atoms with van der Waals surface area (Å²) in [6, 6.07) is 16.3. The predicted octanol–water partition coefficient (Wildman–Crippen LogP) is 3.62. The van der Waals surface area contributed by atoms with E-state index in [9.17, 15) is 4.79 Å². The molecule has 0 aliphatic carbocycles. The molecular formula is C22H25N5O3. The Hall–Kier alpha value is -3.81. The van der Waals surface area contributed by atoms with Crippen LogP contribution < -0.4 is 25.0 Å². The van der Waals surface area contributed by atoms with Gasteiger partial charge in [-0.1, -0.05) is 0 Å². The average molecular weight is 407 g/mol. The molecule has 2 N–H and O–H groups in total. The average Bonchev–Trinajstić information content (AvgIpc) is 2.73. The standard InChI is InChI=1S/C22H25N5O3/c1-15-23-20(13-21(24-15)27(2)3)25-16-5-7-17(8-6-16)26-22(28)14-30-19-11-9-18(29-4)10-12-19/h5-13H,14H2,1-4H3,(H,26,28)(H,23,24,25). The minimum Gasteiger partial charge on any atom is -0.497 e. The summed E-state index contributed by atoms with van der Waals surface area (Å²) in [6.45, 7) is 1.77. The summed E-state index contributed by atoms with van der Waals surface area (Å²) in [7, 11) is 5.46. The van der Waals surface area contributed by atoms with Gasteiger partial charge < -0.3 is 25.0 Å². The lowest BCUT2D eigenvalue weighted by Crippen LogP contribution is -2.20. The Balaban J connectivity index is 1.54. The molecule has 2 aromatic carbocycles. The van der Waals surface area contributed by atoms with Gasteiger partial charge in [-0.15, -0.1) is 0 Å². The van der Waals surface area contributed by atoms with Gasteiger partial charge >= 0.3 is 0 Å². The van der Waals surface area contributed by atoms with Crippen LogP contribution in [0.2, 0.25) is 0 Å². The predicted molar refractivity (Wildman–Crippen MR) is 118 cm³/mol. The van der Waals surface area contributed by atoms with E-state index in [1.54, 1.807) is 31.4 Å². The molecule has 156 valence electrons. The van der Waals surface area contributed by atoms with E-state index in [4.69, 9.17) is 9.47 Å². The summed E-state index contributed by atoms with van der Waals surface area (Å²) in [5.41, 5.74) is 1.53. The van der Waals surface area contributed by atoms with Crippen LogP contribution in [0.1, 0.15) is 5.82 Å². The third-order valence-corrected chi connectivity index (χ3v) is 4.15. The van der Waals surface area contributed by atoms with Crippen molar-refractivity contribution in [2.24, 2.45) is 0 Å². The molecule has 0 saturated heterocycles. The fourth-order valence-corrected chi connectivity index (χ4v) is 2.65. The molecule has 1 amide bonds. The second-order valence-electron chi connectivity index (χ2n) is 6.77. The number of aryl methyl sites for hydroxylation is 1. The van der Waals surface area contributed by atoms with Crippen molar-refractivity contribution in [1.29, 1.82) is 0 Å². The number of rotatable bonds is 8.